The minimum Gasteiger partial charge on any atom is -0.255 e. The Labute approximate surface area is 64.4 Å². The summed E-state index contributed by atoms with van der Waals surface area (Å²) in [5, 5.41) is 0. The van der Waals surface area contributed by atoms with Crippen LogP contribution in [0.5, 0.6) is 0 Å². The van der Waals surface area contributed by atoms with E-state index in [9.17, 15) is 0 Å². The average Bonchev–Trinajstić information content (AvgIpc) is 1.85. The summed E-state index contributed by atoms with van der Waals surface area (Å²) < 4.78 is 0. The van der Waals surface area contributed by atoms with Gasteiger partial charge in [-0.1, -0.05) is 13.3 Å². The van der Waals surface area contributed by atoms with Crippen LogP contribution in [0.2, 0.25) is 0 Å². The van der Waals surface area contributed by atoms with Gasteiger partial charge in [0.25, 0.3) is 0 Å². The van der Waals surface area contributed by atoms with Crippen LogP contribution in [0.4, 0.5) is 0 Å². The molecule has 0 saturated carbocycles. The fourth-order valence-electron chi connectivity index (χ4n) is 0.814. The van der Waals surface area contributed by atoms with Gasteiger partial charge in [0.1, 0.15) is 0 Å². The summed E-state index contributed by atoms with van der Waals surface area (Å²) in [6.45, 7) is 8.66. The molecule has 0 heterocycles. The lowest BCUT2D eigenvalue weighted by atomic mass is 10.2. The molecule has 2 nitrogen and oxygen atoms in total. The third kappa shape index (κ3) is 6.05. The third-order valence-corrected chi connectivity index (χ3v) is 1.34. The molecule has 0 rings (SSSR count). The Hall–Kier alpha value is -0.0800. The summed E-state index contributed by atoms with van der Waals surface area (Å²) >= 11 is 0. The molecule has 0 aromatic heterocycles. The van der Waals surface area contributed by atoms with Crippen molar-refractivity contribution in [2.45, 2.75) is 52.6 Å². The van der Waals surface area contributed by atoms with Gasteiger partial charge < -0.3 is 0 Å². The Morgan fingerprint density at radius 2 is 1.70 bits per heavy atom. The normalized spacial score (nSPS) is 14.1. The predicted molar refractivity (Wildman–Crippen MR) is 45.8 cm³/mol. The number of rotatable bonds is 5. The van der Waals surface area contributed by atoms with Crippen molar-refractivity contribution >= 4 is 0 Å². The molecule has 0 saturated heterocycles. The topological polar surface area (TPSA) is 24.1 Å². The van der Waals surface area contributed by atoms with E-state index in [1.807, 2.05) is 0 Å². The van der Waals surface area contributed by atoms with E-state index in [0.717, 1.165) is 0 Å². The summed E-state index contributed by atoms with van der Waals surface area (Å²) in [5.74, 6) is 0. The first-order valence-electron chi connectivity index (χ1n) is 4.17. The fraction of sp³-hybridized carbons (Fsp3) is 1.00. The maximum atomic E-state index is 3.23. The van der Waals surface area contributed by atoms with Gasteiger partial charge in [0, 0.05) is 12.1 Å². The second-order valence-electron chi connectivity index (χ2n) is 3.13. The Bertz CT molecular complexity index is 71.7. The summed E-state index contributed by atoms with van der Waals surface area (Å²) in [6.07, 6.45) is 2.48. The molecule has 0 spiro atoms. The zero-order valence-corrected chi connectivity index (χ0v) is 7.57. The molecule has 10 heavy (non-hydrogen) atoms. The second kappa shape index (κ2) is 5.69. The highest BCUT2D eigenvalue weighted by atomic mass is 15.4. The van der Waals surface area contributed by atoms with Gasteiger partial charge in [0.05, 0.1) is 0 Å². The lowest BCUT2D eigenvalue weighted by Gasteiger charge is -2.15. The van der Waals surface area contributed by atoms with Crippen LogP contribution in [-0.2, 0) is 0 Å². The first kappa shape index (κ1) is 9.92. The van der Waals surface area contributed by atoms with Crippen LogP contribution in [0.1, 0.15) is 40.5 Å². The minimum atomic E-state index is 0.527. The Morgan fingerprint density at radius 1 is 1.10 bits per heavy atom. The second-order valence-corrected chi connectivity index (χ2v) is 3.13. The highest BCUT2D eigenvalue weighted by molar-refractivity contribution is 4.57. The van der Waals surface area contributed by atoms with Crippen molar-refractivity contribution in [1.29, 1.82) is 0 Å². The van der Waals surface area contributed by atoms with Crippen LogP contribution in [-0.4, -0.2) is 12.1 Å². The van der Waals surface area contributed by atoms with Crippen molar-refractivity contribution in [2.75, 3.05) is 0 Å². The molecular formula is C8H20N2. The maximum absolute atomic E-state index is 3.23. The van der Waals surface area contributed by atoms with E-state index in [1.165, 1.54) is 12.8 Å². The molecule has 62 valence electrons. The Morgan fingerprint density at radius 3 is 2.10 bits per heavy atom. The summed E-state index contributed by atoms with van der Waals surface area (Å²) in [5.41, 5.74) is 6.41. The maximum Gasteiger partial charge on any atom is 0.0184 e. The van der Waals surface area contributed by atoms with E-state index >= 15 is 0 Å². The first-order chi connectivity index (χ1) is 4.66. The van der Waals surface area contributed by atoms with Crippen molar-refractivity contribution < 1.29 is 0 Å². The van der Waals surface area contributed by atoms with Gasteiger partial charge in [0.15, 0.2) is 0 Å². The van der Waals surface area contributed by atoms with Crippen LogP contribution in [0, 0.1) is 0 Å². The van der Waals surface area contributed by atoms with Gasteiger partial charge >= 0.3 is 0 Å². The molecule has 0 aromatic carbocycles. The zero-order valence-electron chi connectivity index (χ0n) is 7.57. The monoisotopic (exact) mass is 144 g/mol. The molecule has 1 unspecified atom stereocenters. The minimum absolute atomic E-state index is 0.527. The molecule has 0 radical (unpaired) electrons. The fourth-order valence-corrected chi connectivity index (χ4v) is 0.814. The van der Waals surface area contributed by atoms with Gasteiger partial charge in [-0.3, -0.25) is 10.9 Å². The predicted octanol–water partition coefficient (Wildman–Crippen LogP) is 1.68. The van der Waals surface area contributed by atoms with Crippen molar-refractivity contribution in [2.24, 2.45) is 0 Å². The Kier molecular flexibility index (Phi) is 5.64. The molecule has 0 aliphatic carbocycles. The van der Waals surface area contributed by atoms with Gasteiger partial charge in [0.2, 0.25) is 0 Å². The van der Waals surface area contributed by atoms with E-state index in [4.69, 9.17) is 0 Å². The molecule has 1 atom stereocenters. The number of hydrogen-bond donors (Lipinski definition) is 2. The van der Waals surface area contributed by atoms with Crippen LogP contribution in [0.15, 0.2) is 0 Å². The molecule has 2 N–H and O–H groups in total. The quantitative estimate of drug-likeness (QED) is 0.574. The van der Waals surface area contributed by atoms with E-state index in [2.05, 4.69) is 38.5 Å². The van der Waals surface area contributed by atoms with E-state index in [0.29, 0.717) is 12.1 Å². The van der Waals surface area contributed by atoms with Gasteiger partial charge in [-0.2, -0.15) is 0 Å². The van der Waals surface area contributed by atoms with Gasteiger partial charge in [-0.25, -0.2) is 0 Å². The number of hydrazine groups is 1. The third-order valence-electron chi connectivity index (χ3n) is 1.34. The molecule has 0 aromatic rings. The highest BCUT2D eigenvalue weighted by Gasteiger charge is 1.98. The van der Waals surface area contributed by atoms with Crippen molar-refractivity contribution in [1.82, 2.24) is 10.9 Å². The molecule has 0 aliphatic rings. The molecular weight excluding hydrogens is 124 g/mol. The van der Waals surface area contributed by atoms with Crippen LogP contribution in [0.3, 0.4) is 0 Å². The number of nitrogens with one attached hydrogen (secondary N) is 2. The number of hydrogen-bond acceptors (Lipinski definition) is 2. The van der Waals surface area contributed by atoms with Crippen LogP contribution in [0.25, 0.3) is 0 Å². The zero-order chi connectivity index (χ0) is 7.98. The van der Waals surface area contributed by atoms with E-state index < -0.39 is 0 Å². The van der Waals surface area contributed by atoms with E-state index in [1.54, 1.807) is 0 Å². The molecule has 0 aliphatic heterocycles. The van der Waals surface area contributed by atoms with Crippen molar-refractivity contribution in [3.8, 4) is 0 Å². The van der Waals surface area contributed by atoms with Crippen molar-refractivity contribution in [3.05, 3.63) is 0 Å². The lowest BCUT2D eigenvalue weighted by Crippen LogP contribution is -2.42. The first-order valence-corrected chi connectivity index (χ1v) is 4.17. The molecule has 0 bridgehead atoms. The van der Waals surface area contributed by atoms with Crippen molar-refractivity contribution in [3.63, 3.8) is 0 Å². The smallest absolute Gasteiger partial charge is 0.0184 e. The molecule has 0 fully saturated rings. The van der Waals surface area contributed by atoms with E-state index in [-0.39, 0.29) is 0 Å². The Balaban J connectivity index is 3.12. The lowest BCUT2D eigenvalue weighted by molar-refractivity contribution is 0.394. The van der Waals surface area contributed by atoms with Gasteiger partial charge in [-0.05, 0) is 27.2 Å². The van der Waals surface area contributed by atoms with Gasteiger partial charge in [-0.15, -0.1) is 0 Å². The van der Waals surface area contributed by atoms with Crippen LogP contribution >= 0.6 is 0 Å². The standard InChI is InChI=1S/C8H20N2/c1-5-6-8(4)10-9-7(2)3/h7-10H,5-6H2,1-4H3. The van der Waals surface area contributed by atoms with Crippen LogP contribution < -0.4 is 10.9 Å². The average molecular weight is 144 g/mol. The largest absolute Gasteiger partial charge is 0.255 e. The molecule has 0 amide bonds. The summed E-state index contributed by atoms with van der Waals surface area (Å²) in [6, 6.07) is 1.12. The summed E-state index contributed by atoms with van der Waals surface area (Å²) in [7, 11) is 0. The SMILES string of the molecule is CCCC(C)NNC(C)C. The molecule has 2 heteroatoms. The highest BCUT2D eigenvalue weighted by Crippen LogP contribution is 1.92. The summed E-state index contributed by atoms with van der Waals surface area (Å²) in [4.78, 5) is 0.